The number of hydrogen-bond donors (Lipinski definition) is 2. The van der Waals surface area contributed by atoms with Crippen LogP contribution in [0.15, 0.2) is 62.7 Å². The Morgan fingerprint density at radius 1 is 0.556 bits per heavy atom. The van der Waals surface area contributed by atoms with Crippen LogP contribution in [0.25, 0.3) is 31.3 Å². The lowest BCUT2D eigenvalue weighted by molar-refractivity contribution is -0.0461. The molecule has 0 aliphatic carbocycles. The zero-order chi connectivity index (χ0) is 52.7. The van der Waals surface area contributed by atoms with Crippen LogP contribution >= 0.6 is 0 Å². The zero-order valence-corrected chi connectivity index (χ0v) is 42.2. The second-order valence-electron chi connectivity index (χ2n) is 17.6. The molecule has 72 heavy (non-hydrogen) atoms. The molecule has 3 saturated heterocycles. The van der Waals surface area contributed by atoms with E-state index in [4.69, 9.17) is 45.0 Å². The molecular formula is C45H69N15O12. The Morgan fingerprint density at radius 3 is 1.31 bits per heavy atom. The Kier molecular flexibility index (Phi) is 24.2. The fraction of sp³-hybridized carbons (Fsp3) is 0.733. The Bertz CT molecular complexity index is 2730. The van der Waals surface area contributed by atoms with Crippen LogP contribution in [0.4, 0.5) is 0 Å². The molecule has 396 valence electrons. The minimum absolute atomic E-state index is 0.270. The third-order valence-electron chi connectivity index (χ3n) is 12.0. The van der Waals surface area contributed by atoms with Crippen molar-refractivity contribution in [3.63, 3.8) is 0 Å². The Labute approximate surface area is 414 Å². The zero-order valence-electron chi connectivity index (χ0n) is 42.2. The molecule has 3 aliphatic heterocycles. The molecule has 3 aromatic heterocycles. The van der Waals surface area contributed by atoms with Gasteiger partial charge < -0.3 is 28.4 Å². The van der Waals surface area contributed by atoms with Crippen molar-refractivity contribution in [2.75, 3.05) is 39.6 Å². The standard InChI is InChI=1S/C18H29N5O4.C14H21N5O4.C13H19N5O4/c1-4-6-8-22-17(24)13(3)11-23(18(22)25)16-10-14(20-21-19)15(27-16)12-26-9-7-5-2;1-3-4-5-22-8-11-10(17-18-15)6-12(23-11)19-7-9(2)13(20)16-14(19)21;1-3-4-21-7-10-9(16-17-14)5-11(22-10)18-6-8(2)12(19)15-13(18)20/h11,14-16H,4-10,12H2,1-3H3;7,10-12H,3-6,8H2,1-2H3,(H,16,20,21);6,9-11H,3-5,7H2,1-2H3,(H,15,19,20)/t14?,15-,16-;10?,11-,12-;9?,10-,11-/m111/s1. The van der Waals surface area contributed by atoms with Crippen molar-refractivity contribution >= 4 is 0 Å². The lowest BCUT2D eigenvalue weighted by atomic mass is 10.1. The fourth-order valence-corrected chi connectivity index (χ4v) is 7.98. The molecule has 0 spiro atoms. The molecule has 6 heterocycles. The molecule has 0 amide bonds. The smallest absolute Gasteiger partial charge is 0.333 e. The van der Waals surface area contributed by atoms with Crippen molar-refractivity contribution in [2.24, 2.45) is 15.3 Å². The van der Waals surface area contributed by atoms with Gasteiger partial charge in [-0.15, -0.1) is 0 Å². The number of azide groups is 3. The Hall–Kier alpha value is -6.27. The number of ether oxygens (including phenoxy) is 6. The first-order chi connectivity index (χ1) is 34.7. The maximum atomic E-state index is 12.8. The van der Waals surface area contributed by atoms with Crippen LogP contribution in [-0.4, -0.2) is 104 Å². The van der Waals surface area contributed by atoms with Crippen molar-refractivity contribution in [3.8, 4) is 0 Å². The van der Waals surface area contributed by atoms with Crippen molar-refractivity contribution in [1.29, 1.82) is 0 Å². The summed E-state index contributed by atoms with van der Waals surface area (Å²) in [5.41, 5.74) is 24.9. The summed E-state index contributed by atoms with van der Waals surface area (Å²) in [5.74, 6) is 0. The maximum Gasteiger partial charge on any atom is 0.333 e. The summed E-state index contributed by atoms with van der Waals surface area (Å²) in [6.45, 7) is 16.2. The number of H-pyrrole nitrogens is 2. The summed E-state index contributed by atoms with van der Waals surface area (Å²) in [5, 5.41) is 11.3. The number of nitrogens with zero attached hydrogens (tertiary/aromatic N) is 13. The second-order valence-corrected chi connectivity index (χ2v) is 17.6. The van der Waals surface area contributed by atoms with Crippen LogP contribution in [0.5, 0.6) is 0 Å². The van der Waals surface area contributed by atoms with Gasteiger partial charge in [-0.3, -0.25) is 42.6 Å². The van der Waals surface area contributed by atoms with Gasteiger partial charge in [0, 0.05) is 95.6 Å². The highest BCUT2D eigenvalue weighted by Gasteiger charge is 2.39. The molecule has 6 rings (SSSR count). The number of rotatable bonds is 23. The van der Waals surface area contributed by atoms with Gasteiger partial charge in [-0.2, -0.15) is 0 Å². The van der Waals surface area contributed by atoms with Crippen molar-refractivity contribution < 1.29 is 28.4 Å². The lowest BCUT2D eigenvalue weighted by Gasteiger charge is -2.18. The predicted octanol–water partition coefficient (Wildman–Crippen LogP) is 5.77. The summed E-state index contributed by atoms with van der Waals surface area (Å²) in [6.07, 6.45) is 9.00. The topological polar surface area (TPSA) is 355 Å². The molecular weight excluding hydrogens is 943 g/mol. The van der Waals surface area contributed by atoms with Crippen LogP contribution in [-0.2, 0) is 35.0 Å². The highest BCUT2D eigenvalue weighted by molar-refractivity contribution is 5.06. The number of aromatic amines is 2. The average Bonchev–Trinajstić information content (AvgIpc) is 4.08. The number of hydrogen-bond acceptors (Lipinski definition) is 15. The van der Waals surface area contributed by atoms with Gasteiger partial charge in [0.25, 0.3) is 16.7 Å². The molecule has 2 N–H and O–H groups in total. The number of aryl methyl sites for hydroxylation is 3. The monoisotopic (exact) mass is 1010 g/mol. The van der Waals surface area contributed by atoms with Gasteiger partial charge in [0.2, 0.25) is 0 Å². The van der Waals surface area contributed by atoms with Gasteiger partial charge in [-0.1, -0.05) is 62.3 Å². The summed E-state index contributed by atoms with van der Waals surface area (Å²) in [7, 11) is 0. The SMILES string of the molecule is CCCCOC[C@H]1O[C@@H](n2cc(C)c(=O)[nH]c2=O)CC1N=[N+]=[N-].CCCCOC[C@H]1O[C@@H](n2cc(C)c(=O)n(CCCC)c2=O)CC1N=[N+]=[N-].CCCOC[C@H]1O[C@@H](n2cc(C)c(=O)[nH]c2=O)CC1N=[N+]=[N-]. The number of aromatic nitrogens is 6. The molecule has 3 fully saturated rings. The first-order valence-corrected chi connectivity index (χ1v) is 24.4. The third-order valence-corrected chi connectivity index (χ3v) is 12.0. The van der Waals surface area contributed by atoms with E-state index in [9.17, 15) is 28.8 Å². The van der Waals surface area contributed by atoms with E-state index < -0.39 is 83.3 Å². The highest BCUT2D eigenvalue weighted by atomic mass is 16.6. The molecule has 9 atom stereocenters. The molecule has 0 bridgehead atoms. The minimum Gasteiger partial charge on any atom is -0.379 e. The van der Waals surface area contributed by atoms with Gasteiger partial charge in [0.05, 0.1) is 56.3 Å². The predicted molar refractivity (Wildman–Crippen MR) is 264 cm³/mol. The lowest BCUT2D eigenvalue weighted by Crippen LogP contribution is -2.42. The third kappa shape index (κ3) is 16.4. The van der Waals surface area contributed by atoms with Gasteiger partial charge in [0.15, 0.2) is 0 Å². The largest absolute Gasteiger partial charge is 0.379 e. The molecule has 27 heteroatoms. The van der Waals surface area contributed by atoms with Crippen LogP contribution in [0.2, 0.25) is 0 Å². The van der Waals surface area contributed by atoms with E-state index in [1.54, 1.807) is 20.8 Å². The first-order valence-electron chi connectivity index (χ1n) is 24.4. The van der Waals surface area contributed by atoms with E-state index in [-0.39, 0.29) is 5.56 Å². The van der Waals surface area contributed by atoms with Crippen molar-refractivity contribution in [1.82, 2.24) is 28.2 Å². The van der Waals surface area contributed by atoms with Crippen molar-refractivity contribution in [3.05, 3.63) is 129 Å². The van der Waals surface area contributed by atoms with Gasteiger partial charge in [0.1, 0.15) is 18.7 Å². The fourth-order valence-electron chi connectivity index (χ4n) is 7.98. The summed E-state index contributed by atoms with van der Waals surface area (Å²) >= 11 is 0. The maximum absolute atomic E-state index is 12.8. The molecule has 3 aromatic rings. The van der Waals surface area contributed by atoms with Crippen LogP contribution in [0, 0.1) is 20.8 Å². The van der Waals surface area contributed by atoms with Gasteiger partial charge >= 0.3 is 17.1 Å². The normalized spacial score (nSPS) is 23.2. The minimum atomic E-state index is -0.590. The second kappa shape index (κ2) is 29.9. The first kappa shape index (κ1) is 58.3. The van der Waals surface area contributed by atoms with Gasteiger partial charge in [-0.25, -0.2) is 14.4 Å². The van der Waals surface area contributed by atoms with E-state index in [1.165, 1.54) is 36.9 Å². The molecule has 0 aromatic carbocycles. The summed E-state index contributed by atoms with van der Waals surface area (Å²) in [4.78, 5) is 84.9. The number of unbranched alkanes of at least 4 members (excludes halogenated alkanes) is 3. The molecule has 3 aliphatic rings. The molecule has 3 unspecified atom stereocenters. The highest BCUT2D eigenvalue weighted by Crippen LogP contribution is 2.32. The van der Waals surface area contributed by atoms with E-state index in [1.807, 2.05) is 13.8 Å². The average molecular weight is 1010 g/mol. The number of nitrogens with one attached hydrogen (secondary N) is 2. The van der Waals surface area contributed by atoms with Crippen molar-refractivity contribution in [2.45, 2.75) is 174 Å². The van der Waals surface area contributed by atoms with Crippen LogP contribution in [0.1, 0.15) is 127 Å². The van der Waals surface area contributed by atoms with E-state index in [0.717, 1.165) is 44.9 Å². The van der Waals surface area contributed by atoms with Crippen LogP contribution < -0.4 is 33.7 Å². The van der Waals surface area contributed by atoms with Gasteiger partial charge in [-0.05, 0) is 63.0 Å². The Balaban J connectivity index is 0.000000236. The summed E-state index contributed by atoms with van der Waals surface area (Å²) in [6, 6.07) is -1.23. The Morgan fingerprint density at radius 2 is 0.931 bits per heavy atom. The molecule has 27 nitrogen and oxygen atoms in total. The van der Waals surface area contributed by atoms with E-state index >= 15 is 0 Å². The molecule has 0 saturated carbocycles. The van der Waals surface area contributed by atoms with Crippen LogP contribution in [0.3, 0.4) is 0 Å². The quantitative estimate of drug-likeness (QED) is 0.0495. The van der Waals surface area contributed by atoms with E-state index in [0.29, 0.717) is 82.1 Å². The molecule has 0 radical (unpaired) electrons. The summed E-state index contributed by atoms with van der Waals surface area (Å²) < 4.78 is 39.5. The van der Waals surface area contributed by atoms with E-state index in [2.05, 4.69) is 53.9 Å².